The Morgan fingerprint density at radius 3 is 2.57 bits per heavy atom. The van der Waals surface area contributed by atoms with Crippen LogP contribution in [0.1, 0.15) is 0 Å². The summed E-state index contributed by atoms with van der Waals surface area (Å²) in [5.74, 6) is 0.763. The molecule has 0 amide bonds. The number of aromatic nitrogens is 3. The van der Waals surface area contributed by atoms with Crippen molar-refractivity contribution in [2.75, 3.05) is 12.4 Å². The van der Waals surface area contributed by atoms with Crippen LogP contribution in [0.25, 0.3) is 11.3 Å². The van der Waals surface area contributed by atoms with E-state index in [0.29, 0.717) is 0 Å². The second-order valence-electron chi connectivity index (χ2n) is 2.78. The molecule has 14 heavy (non-hydrogen) atoms. The molecule has 0 saturated heterocycles. The van der Waals surface area contributed by atoms with Crippen LogP contribution >= 0.6 is 0 Å². The van der Waals surface area contributed by atoms with Gasteiger partial charge >= 0.3 is 0 Å². The zero-order valence-corrected chi connectivity index (χ0v) is 7.81. The molecule has 0 fully saturated rings. The SMILES string of the molecule is CNc1cncc(-c2ccncc2)n1. The largest absolute Gasteiger partial charge is 0.372 e. The molecule has 0 aliphatic carbocycles. The average molecular weight is 186 g/mol. The van der Waals surface area contributed by atoms with Crippen molar-refractivity contribution in [1.82, 2.24) is 15.0 Å². The van der Waals surface area contributed by atoms with E-state index < -0.39 is 0 Å². The van der Waals surface area contributed by atoms with Crippen LogP contribution in [0.4, 0.5) is 5.82 Å². The second-order valence-corrected chi connectivity index (χ2v) is 2.78. The first kappa shape index (κ1) is 8.62. The number of hydrogen-bond acceptors (Lipinski definition) is 4. The fourth-order valence-corrected chi connectivity index (χ4v) is 1.15. The van der Waals surface area contributed by atoms with Gasteiger partial charge in [0.2, 0.25) is 0 Å². The first-order chi connectivity index (χ1) is 6.90. The zero-order chi connectivity index (χ0) is 9.80. The Morgan fingerprint density at radius 2 is 1.86 bits per heavy atom. The highest BCUT2D eigenvalue weighted by atomic mass is 15.0. The van der Waals surface area contributed by atoms with E-state index in [1.807, 2.05) is 19.2 Å². The molecule has 0 spiro atoms. The molecule has 2 rings (SSSR count). The minimum atomic E-state index is 0.763. The third-order valence-electron chi connectivity index (χ3n) is 1.87. The van der Waals surface area contributed by atoms with Gasteiger partial charge in [-0.25, -0.2) is 4.98 Å². The first-order valence-electron chi connectivity index (χ1n) is 4.30. The van der Waals surface area contributed by atoms with E-state index in [1.54, 1.807) is 24.8 Å². The summed E-state index contributed by atoms with van der Waals surface area (Å²) in [5, 5.41) is 2.95. The van der Waals surface area contributed by atoms with Gasteiger partial charge in [-0.05, 0) is 12.1 Å². The maximum absolute atomic E-state index is 4.36. The Balaban J connectivity index is 2.42. The smallest absolute Gasteiger partial charge is 0.144 e. The van der Waals surface area contributed by atoms with E-state index in [2.05, 4.69) is 20.3 Å². The average Bonchev–Trinajstić information content (AvgIpc) is 2.30. The summed E-state index contributed by atoms with van der Waals surface area (Å²) >= 11 is 0. The summed E-state index contributed by atoms with van der Waals surface area (Å²) in [5.41, 5.74) is 1.86. The Labute approximate surface area is 82.1 Å². The highest BCUT2D eigenvalue weighted by Gasteiger charge is 1.99. The van der Waals surface area contributed by atoms with Gasteiger partial charge in [0.1, 0.15) is 5.82 Å². The van der Waals surface area contributed by atoms with Crippen LogP contribution in [0.3, 0.4) is 0 Å². The van der Waals surface area contributed by atoms with Gasteiger partial charge < -0.3 is 5.32 Å². The van der Waals surface area contributed by atoms with E-state index in [0.717, 1.165) is 17.1 Å². The second kappa shape index (κ2) is 3.83. The quantitative estimate of drug-likeness (QED) is 0.773. The molecule has 0 aromatic carbocycles. The molecule has 2 heterocycles. The normalized spacial score (nSPS) is 9.79. The lowest BCUT2D eigenvalue weighted by Crippen LogP contribution is -1.94. The Bertz CT molecular complexity index is 413. The molecule has 2 aromatic heterocycles. The third kappa shape index (κ3) is 1.69. The monoisotopic (exact) mass is 186 g/mol. The zero-order valence-electron chi connectivity index (χ0n) is 7.81. The summed E-state index contributed by atoms with van der Waals surface area (Å²) in [7, 11) is 1.82. The van der Waals surface area contributed by atoms with Crippen molar-refractivity contribution >= 4 is 5.82 Å². The van der Waals surface area contributed by atoms with Gasteiger partial charge in [0.05, 0.1) is 18.1 Å². The van der Waals surface area contributed by atoms with Gasteiger partial charge in [-0.2, -0.15) is 0 Å². The molecule has 0 aliphatic rings. The Morgan fingerprint density at radius 1 is 1.07 bits per heavy atom. The molecule has 2 aromatic rings. The molecular formula is C10H10N4. The van der Waals surface area contributed by atoms with Crippen LogP contribution in [0.2, 0.25) is 0 Å². The molecule has 4 heteroatoms. The van der Waals surface area contributed by atoms with Gasteiger partial charge in [-0.3, -0.25) is 9.97 Å². The lowest BCUT2D eigenvalue weighted by molar-refractivity contribution is 1.19. The van der Waals surface area contributed by atoms with Gasteiger partial charge in [0.15, 0.2) is 0 Å². The maximum atomic E-state index is 4.36. The van der Waals surface area contributed by atoms with E-state index in [4.69, 9.17) is 0 Å². The van der Waals surface area contributed by atoms with Crippen molar-refractivity contribution in [3.8, 4) is 11.3 Å². The number of rotatable bonds is 2. The summed E-state index contributed by atoms with van der Waals surface area (Å²) in [4.78, 5) is 12.4. The number of nitrogens with one attached hydrogen (secondary N) is 1. The summed E-state index contributed by atoms with van der Waals surface area (Å²) < 4.78 is 0. The lowest BCUT2D eigenvalue weighted by Gasteiger charge is -2.02. The predicted octanol–water partition coefficient (Wildman–Crippen LogP) is 1.58. The van der Waals surface area contributed by atoms with Crippen molar-refractivity contribution in [2.45, 2.75) is 0 Å². The van der Waals surface area contributed by atoms with E-state index in [9.17, 15) is 0 Å². The van der Waals surface area contributed by atoms with Gasteiger partial charge in [0.25, 0.3) is 0 Å². The fraction of sp³-hybridized carbons (Fsp3) is 0.100. The molecule has 4 nitrogen and oxygen atoms in total. The number of pyridine rings is 1. The third-order valence-corrected chi connectivity index (χ3v) is 1.87. The van der Waals surface area contributed by atoms with Crippen LogP contribution in [0.5, 0.6) is 0 Å². The summed E-state index contributed by atoms with van der Waals surface area (Å²) in [6.45, 7) is 0. The number of anilines is 1. The van der Waals surface area contributed by atoms with Crippen LogP contribution in [0.15, 0.2) is 36.9 Å². The van der Waals surface area contributed by atoms with Crippen LogP contribution < -0.4 is 5.32 Å². The summed E-state index contributed by atoms with van der Waals surface area (Å²) in [6, 6.07) is 3.81. The van der Waals surface area contributed by atoms with E-state index in [1.165, 1.54) is 0 Å². The minimum absolute atomic E-state index is 0.763. The van der Waals surface area contributed by atoms with Crippen molar-refractivity contribution in [1.29, 1.82) is 0 Å². The van der Waals surface area contributed by atoms with Crippen molar-refractivity contribution in [3.63, 3.8) is 0 Å². The van der Waals surface area contributed by atoms with Crippen molar-refractivity contribution in [3.05, 3.63) is 36.9 Å². The van der Waals surface area contributed by atoms with Crippen molar-refractivity contribution in [2.24, 2.45) is 0 Å². The Hall–Kier alpha value is -1.97. The fourth-order valence-electron chi connectivity index (χ4n) is 1.15. The Kier molecular flexibility index (Phi) is 2.36. The van der Waals surface area contributed by atoms with Gasteiger partial charge in [-0.15, -0.1) is 0 Å². The first-order valence-corrected chi connectivity index (χ1v) is 4.30. The molecule has 0 saturated carbocycles. The molecule has 70 valence electrons. The highest BCUT2D eigenvalue weighted by molar-refractivity contribution is 5.58. The molecule has 1 N–H and O–H groups in total. The molecule has 0 aliphatic heterocycles. The summed E-state index contributed by atoms with van der Waals surface area (Å²) in [6.07, 6.45) is 6.90. The standard InChI is InChI=1S/C10H10N4/c1-11-10-7-13-6-9(14-10)8-2-4-12-5-3-8/h2-7H,1H3,(H,11,14). The topological polar surface area (TPSA) is 50.7 Å². The number of nitrogens with zero attached hydrogens (tertiary/aromatic N) is 3. The van der Waals surface area contributed by atoms with Crippen LogP contribution in [-0.4, -0.2) is 22.0 Å². The minimum Gasteiger partial charge on any atom is -0.372 e. The van der Waals surface area contributed by atoms with Crippen LogP contribution in [0, 0.1) is 0 Å². The van der Waals surface area contributed by atoms with Gasteiger partial charge in [0, 0.05) is 25.0 Å². The molecule has 0 unspecified atom stereocenters. The highest BCUT2D eigenvalue weighted by Crippen LogP contribution is 2.15. The van der Waals surface area contributed by atoms with Gasteiger partial charge in [-0.1, -0.05) is 0 Å². The predicted molar refractivity (Wildman–Crippen MR) is 54.8 cm³/mol. The van der Waals surface area contributed by atoms with Crippen molar-refractivity contribution < 1.29 is 0 Å². The van der Waals surface area contributed by atoms with E-state index >= 15 is 0 Å². The molecule has 0 bridgehead atoms. The van der Waals surface area contributed by atoms with E-state index in [-0.39, 0.29) is 0 Å². The number of hydrogen-bond donors (Lipinski definition) is 1. The molecule has 0 radical (unpaired) electrons. The maximum Gasteiger partial charge on any atom is 0.144 e. The molecular weight excluding hydrogens is 176 g/mol. The molecule has 0 atom stereocenters. The van der Waals surface area contributed by atoms with Crippen LogP contribution in [-0.2, 0) is 0 Å². The lowest BCUT2D eigenvalue weighted by atomic mass is 10.2.